The van der Waals surface area contributed by atoms with Crippen LogP contribution in [0.1, 0.15) is 19.8 Å². The Hall–Kier alpha value is -1.12. The van der Waals surface area contributed by atoms with E-state index in [9.17, 15) is 0 Å². The summed E-state index contributed by atoms with van der Waals surface area (Å²) in [7, 11) is 0. The molecule has 11 heavy (non-hydrogen) atoms. The molecule has 0 atom stereocenters. The van der Waals surface area contributed by atoms with Gasteiger partial charge < -0.3 is 4.74 Å². The maximum atomic E-state index is 5.25. The number of rotatable bonds is 4. The first-order valence-electron chi connectivity index (χ1n) is 3.76. The summed E-state index contributed by atoms with van der Waals surface area (Å²) in [5, 5.41) is 7.29. The predicted molar refractivity (Wildman–Crippen MR) is 41.3 cm³/mol. The molecule has 1 rings (SSSR count). The lowest BCUT2D eigenvalue weighted by atomic mass is 10.4. The number of unbranched alkanes of at least 4 members (excludes halogenated alkanes) is 1. The smallest absolute Gasteiger partial charge is 0.233 e. The van der Waals surface area contributed by atoms with Crippen LogP contribution in [-0.2, 0) is 0 Å². The molecule has 0 saturated heterocycles. The Morgan fingerprint density at radius 2 is 2.55 bits per heavy atom. The minimum absolute atomic E-state index is 0.581. The Labute approximate surface area is 66.4 Å². The summed E-state index contributed by atoms with van der Waals surface area (Å²) in [6, 6.07) is 3.44. The Bertz CT molecular complexity index is 189. The van der Waals surface area contributed by atoms with Gasteiger partial charge in [-0.1, -0.05) is 13.3 Å². The number of hydrogen-bond donors (Lipinski definition) is 0. The molecule has 0 fully saturated rings. The quantitative estimate of drug-likeness (QED) is 0.611. The summed E-state index contributed by atoms with van der Waals surface area (Å²) in [6.07, 6.45) is 4.77. The SMILES string of the molecule is CCCCOc1cc[c]nn1. The highest BCUT2D eigenvalue weighted by atomic mass is 16.5. The molecule has 0 N–H and O–H groups in total. The average Bonchev–Trinajstić information content (AvgIpc) is 2.07. The molecule has 1 heterocycles. The van der Waals surface area contributed by atoms with E-state index in [1.807, 2.05) is 0 Å². The molecule has 1 aromatic heterocycles. The maximum Gasteiger partial charge on any atom is 0.233 e. The van der Waals surface area contributed by atoms with E-state index < -0.39 is 0 Å². The zero-order chi connectivity index (χ0) is 7.94. The second-order valence-electron chi connectivity index (χ2n) is 2.20. The summed E-state index contributed by atoms with van der Waals surface area (Å²) >= 11 is 0. The number of nitrogens with zero attached hydrogens (tertiary/aromatic N) is 2. The summed E-state index contributed by atoms with van der Waals surface area (Å²) in [4.78, 5) is 0. The second kappa shape index (κ2) is 4.66. The molecule has 1 radical (unpaired) electrons. The van der Waals surface area contributed by atoms with E-state index in [2.05, 4.69) is 23.3 Å². The molecule has 0 saturated carbocycles. The fourth-order valence-corrected chi connectivity index (χ4v) is 0.651. The van der Waals surface area contributed by atoms with Crippen molar-refractivity contribution in [2.75, 3.05) is 6.61 Å². The summed E-state index contributed by atoms with van der Waals surface area (Å²) < 4.78 is 5.25. The fraction of sp³-hybridized carbons (Fsp3) is 0.500. The van der Waals surface area contributed by atoms with Crippen LogP contribution in [-0.4, -0.2) is 16.8 Å². The Morgan fingerprint density at radius 3 is 3.18 bits per heavy atom. The molecule has 0 aliphatic carbocycles. The lowest BCUT2D eigenvalue weighted by molar-refractivity contribution is 0.294. The zero-order valence-corrected chi connectivity index (χ0v) is 6.58. The molecular weight excluding hydrogens is 140 g/mol. The third kappa shape index (κ3) is 2.98. The summed E-state index contributed by atoms with van der Waals surface area (Å²) in [5.74, 6) is 0.581. The molecule has 0 aliphatic heterocycles. The van der Waals surface area contributed by atoms with Gasteiger partial charge in [-0.15, -0.1) is 10.2 Å². The standard InChI is InChI=1S/C8H11N2O/c1-2-3-7-11-8-5-4-6-9-10-8/h4-5H,2-3,7H2,1H3. The molecule has 59 valence electrons. The Balaban J connectivity index is 2.28. The van der Waals surface area contributed by atoms with Crippen LogP contribution in [0.4, 0.5) is 0 Å². The number of ether oxygens (including phenoxy) is 1. The van der Waals surface area contributed by atoms with Crippen molar-refractivity contribution in [3.63, 3.8) is 0 Å². The van der Waals surface area contributed by atoms with E-state index in [4.69, 9.17) is 4.74 Å². The van der Waals surface area contributed by atoms with Gasteiger partial charge in [-0.05, 0) is 12.5 Å². The molecule has 3 nitrogen and oxygen atoms in total. The molecule has 0 unspecified atom stereocenters. The van der Waals surface area contributed by atoms with Crippen molar-refractivity contribution in [3.8, 4) is 5.88 Å². The van der Waals surface area contributed by atoms with Crippen LogP contribution < -0.4 is 4.74 Å². The first-order valence-corrected chi connectivity index (χ1v) is 3.76. The van der Waals surface area contributed by atoms with Gasteiger partial charge in [0.15, 0.2) is 0 Å². The highest BCUT2D eigenvalue weighted by molar-refractivity contribution is 5.04. The molecule has 0 bridgehead atoms. The monoisotopic (exact) mass is 151 g/mol. The lowest BCUT2D eigenvalue weighted by Gasteiger charge is -2.00. The first kappa shape index (κ1) is 7.98. The van der Waals surface area contributed by atoms with Crippen molar-refractivity contribution < 1.29 is 4.74 Å². The van der Waals surface area contributed by atoms with Crippen LogP contribution in [0.5, 0.6) is 5.88 Å². The van der Waals surface area contributed by atoms with Crippen LogP contribution in [0.3, 0.4) is 0 Å². The van der Waals surface area contributed by atoms with Crippen LogP contribution in [0.25, 0.3) is 0 Å². The van der Waals surface area contributed by atoms with Gasteiger partial charge >= 0.3 is 0 Å². The predicted octanol–water partition coefficient (Wildman–Crippen LogP) is 1.46. The van der Waals surface area contributed by atoms with Crippen molar-refractivity contribution in [1.29, 1.82) is 0 Å². The largest absolute Gasteiger partial charge is 0.477 e. The average molecular weight is 151 g/mol. The zero-order valence-electron chi connectivity index (χ0n) is 6.58. The lowest BCUT2D eigenvalue weighted by Crippen LogP contribution is -1.98. The second-order valence-corrected chi connectivity index (χ2v) is 2.20. The van der Waals surface area contributed by atoms with Crippen molar-refractivity contribution in [1.82, 2.24) is 10.2 Å². The van der Waals surface area contributed by atoms with Gasteiger partial charge in [0.1, 0.15) is 6.20 Å². The van der Waals surface area contributed by atoms with E-state index in [-0.39, 0.29) is 0 Å². The van der Waals surface area contributed by atoms with E-state index in [0.29, 0.717) is 5.88 Å². The Morgan fingerprint density at radius 1 is 1.64 bits per heavy atom. The normalized spacial score (nSPS) is 9.55. The van der Waals surface area contributed by atoms with Gasteiger partial charge in [0, 0.05) is 6.07 Å². The molecule has 0 aromatic carbocycles. The maximum absolute atomic E-state index is 5.25. The van der Waals surface area contributed by atoms with E-state index in [0.717, 1.165) is 19.4 Å². The minimum atomic E-state index is 0.581. The third-order valence-corrected chi connectivity index (χ3v) is 1.25. The summed E-state index contributed by atoms with van der Waals surface area (Å²) in [6.45, 7) is 2.84. The van der Waals surface area contributed by atoms with Crippen LogP contribution >= 0.6 is 0 Å². The van der Waals surface area contributed by atoms with E-state index in [1.165, 1.54) is 0 Å². The minimum Gasteiger partial charge on any atom is -0.477 e. The highest BCUT2D eigenvalue weighted by Crippen LogP contribution is 2.01. The van der Waals surface area contributed by atoms with Crippen molar-refractivity contribution >= 4 is 0 Å². The van der Waals surface area contributed by atoms with E-state index in [1.54, 1.807) is 12.1 Å². The van der Waals surface area contributed by atoms with Crippen LogP contribution in [0.15, 0.2) is 12.1 Å². The molecule has 3 heteroatoms. The van der Waals surface area contributed by atoms with E-state index >= 15 is 0 Å². The van der Waals surface area contributed by atoms with Gasteiger partial charge in [-0.25, -0.2) is 0 Å². The molecule has 1 aromatic rings. The Kier molecular flexibility index (Phi) is 3.38. The molecule has 0 aliphatic rings. The van der Waals surface area contributed by atoms with Gasteiger partial charge in [0.2, 0.25) is 5.88 Å². The highest BCUT2D eigenvalue weighted by Gasteiger charge is 1.91. The van der Waals surface area contributed by atoms with Crippen LogP contribution in [0.2, 0.25) is 0 Å². The van der Waals surface area contributed by atoms with Crippen molar-refractivity contribution in [2.45, 2.75) is 19.8 Å². The van der Waals surface area contributed by atoms with Gasteiger partial charge in [-0.3, -0.25) is 0 Å². The van der Waals surface area contributed by atoms with Crippen molar-refractivity contribution in [3.05, 3.63) is 18.3 Å². The number of aromatic nitrogens is 2. The van der Waals surface area contributed by atoms with Gasteiger partial charge in [0.05, 0.1) is 6.61 Å². The summed E-state index contributed by atoms with van der Waals surface area (Å²) in [5.41, 5.74) is 0. The van der Waals surface area contributed by atoms with Gasteiger partial charge in [0.25, 0.3) is 0 Å². The fourth-order valence-electron chi connectivity index (χ4n) is 0.651. The topological polar surface area (TPSA) is 35.0 Å². The molecule has 0 spiro atoms. The molecular formula is C8H11N2O. The third-order valence-electron chi connectivity index (χ3n) is 1.25. The van der Waals surface area contributed by atoms with Crippen LogP contribution in [0, 0.1) is 6.20 Å². The van der Waals surface area contributed by atoms with Gasteiger partial charge in [-0.2, -0.15) is 0 Å². The van der Waals surface area contributed by atoms with Crippen molar-refractivity contribution in [2.24, 2.45) is 0 Å². The first-order chi connectivity index (χ1) is 5.43. The molecule has 0 amide bonds. The number of hydrogen-bond acceptors (Lipinski definition) is 3.